The van der Waals surface area contributed by atoms with Gasteiger partial charge in [0.05, 0.1) is 12.6 Å². The Balaban J connectivity index is 0.000000821. The minimum atomic E-state index is -0.847. The maximum absolute atomic E-state index is 13.5. The summed E-state index contributed by atoms with van der Waals surface area (Å²) in [6.07, 6.45) is 3.96. The third-order valence-electron chi connectivity index (χ3n) is 6.23. The molecule has 2 aliphatic heterocycles. The van der Waals surface area contributed by atoms with Crippen LogP contribution in [0.2, 0.25) is 0 Å². The fourth-order valence-electron chi connectivity index (χ4n) is 4.83. The van der Waals surface area contributed by atoms with Gasteiger partial charge >= 0.3 is 0 Å². The second-order valence-corrected chi connectivity index (χ2v) is 7.87. The van der Waals surface area contributed by atoms with E-state index < -0.39 is 11.5 Å². The standard InChI is InChI=1S/C24H21N3O3.CH2O2/c28-15-16-7-9-17(10-8-16)22(29)27-13-11-24(21(27)18-4-3-12-25-14-18)19-5-1-2-6-20(19)26-23(24)30;2-1-3/h1-10,12,14,21,28H,11,13,15H2,(H,26,30);1H,(H,2,3). The van der Waals surface area contributed by atoms with Crippen molar-refractivity contribution < 1.29 is 24.6 Å². The molecule has 0 radical (unpaired) electrons. The number of nitrogens with one attached hydrogen (secondary N) is 1. The van der Waals surface area contributed by atoms with Crippen LogP contribution in [0.1, 0.15) is 39.5 Å². The molecule has 5 rings (SSSR count). The van der Waals surface area contributed by atoms with Crippen molar-refractivity contribution in [3.63, 3.8) is 0 Å². The number of hydrogen-bond acceptors (Lipinski definition) is 5. The van der Waals surface area contributed by atoms with Gasteiger partial charge in [-0.25, -0.2) is 0 Å². The number of fused-ring (bicyclic) bond motifs is 2. The lowest BCUT2D eigenvalue weighted by Crippen LogP contribution is -2.42. The van der Waals surface area contributed by atoms with E-state index in [2.05, 4.69) is 10.3 Å². The van der Waals surface area contributed by atoms with E-state index in [9.17, 15) is 14.7 Å². The molecule has 3 N–H and O–H groups in total. The molecule has 2 aliphatic rings. The number of carboxylic acid groups (broad SMARTS) is 1. The number of nitrogens with zero attached hydrogens (tertiary/aromatic N) is 2. The monoisotopic (exact) mass is 445 g/mol. The molecule has 1 aromatic heterocycles. The van der Waals surface area contributed by atoms with E-state index in [4.69, 9.17) is 9.90 Å². The summed E-state index contributed by atoms with van der Waals surface area (Å²) in [5.41, 5.74) is 3.00. The van der Waals surface area contributed by atoms with Crippen LogP contribution in [0, 0.1) is 0 Å². The first kappa shape index (κ1) is 22.2. The summed E-state index contributed by atoms with van der Waals surface area (Å²) in [5.74, 6) is -0.217. The lowest BCUT2D eigenvalue weighted by atomic mass is 9.73. The van der Waals surface area contributed by atoms with Crippen LogP contribution in [0.3, 0.4) is 0 Å². The molecular weight excluding hydrogens is 422 g/mol. The molecule has 2 atom stereocenters. The van der Waals surface area contributed by atoms with Gasteiger partial charge in [-0.3, -0.25) is 19.4 Å². The molecule has 0 aliphatic carbocycles. The van der Waals surface area contributed by atoms with Crippen LogP contribution in [0.25, 0.3) is 0 Å². The van der Waals surface area contributed by atoms with E-state index in [-0.39, 0.29) is 24.9 Å². The molecule has 1 fully saturated rings. The van der Waals surface area contributed by atoms with Crippen LogP contribution in [0.4, 0.5) is 5.69 Å². The second kappa shape index (κ2) is 9.22. The van der Waals surface area contributed by atoms with Crippen LogP contribution in [-0.4, -0.2) is 44.9 Å². The zero-order valence-corrected chi connectivity index (χ0v) is 17.7. The normalized spacial score (nSPS) is 20.6. The Morgan fingerprint density at radius 2 is 1.88 bits per heavy atom. The van der Waals surface area contributed by atoms with Crippen molar-refractivity contribution >= 4 is 24.0 Å². The van der Waals surface area contributed by atoms with Gasteiger partial charge in [-0.1, -0.05) is 36.4 Å². The summed E-state index contributed by atoms with van der Waals surface area (Å²) in [4.78, 5) is 41.2. The molecule has 3 heterocycles. The average Bonchev–Trinajstić information content (AvgIpc) is 3.39. The molecule has 8 nitrogen and oxygen atoms in total. The fourth-order valence-corrected chi connectivity index (χ4v) is 4.83. The Morgan fingerprint density at radius 3 is 2.55 bits per heavy atom. The number of anilines is 1. The number of aromatic nitrogens is 1. The van der Waals surface area contributed by atoms with Crippen LogP contribution in [0.15, 0.2) is 73.1 Å². The van der Waals surface area contributed by atoms with Crippen LogP contribution in [-0.2, 0) is 21.6 Å². The molecular formula is C25H23N3O5. The van der Waals surface area contributed by atoms with E-state index >= 15 is 0 Å². The minimum absolute atomic E-state index is 0.0729. The first-order chi connectivity index (χ1) is 16.1. The maximum atomic E-state index is 13.5. The zero-order chi connectivity index (χ0) is 23.4. The van der Waals surface area contributed by atoms with Crippen molar-refractivity contribution in [2.45, 2.75) is 24.5 Å². The number of rotatable bonds is 3. The molecule has 0 saturated carbocycles. The predicted octanol–water partition coefficient (Wildman–Crippen LogP) is 2.75. The summed E-state index contributed by atoms with van der Waals surface area (Å²) in [6.45, 7) is 0.137. The highest BCUT2D eigenvalue weighted by molar-refractivity contribution is 6.08. The first-order valence-electron chi connectivity index (χ1n) is 10.5. The van der Waals surface area contributed by atoms with Crippen molar-refractivity contribution in [1.82, 2.24) is 9.88 Å². The van der Waals surface area contributed by atoms with Crippen molar-refractivity contribution in [2.75, 3.05) is 11.9 Å². The number of pyridine rings is 1. The molecule has 1 saturated heterocycles. The van der Waals surface area contributed by atoms with E-state index in [1.54, 1.807) is 41.6 Å². The summed E-state index contributed by atoms with van der Waals surface area (Å²) in [5, 5.41) is 19.2. The van der Waals surface area contributed by atoms with E-state index in [1.807, 2.05) is 36.4 Å². The van der Waals surface area contributed by atoms with Gasteiger partial charge < -0.3 is 20.4 Å². The third kappa shape index (κ3) is 3.74. The summed E-state index contributed by atoms with van der Waals surface area (Å²) in [7, 11) is 0. The van der Waals surface area contributed by atoms with E-state index in [1.165, 1.54) is 0 Å². The van der Waals surface area contributed by atoms with Crippen LogP contribution >= 0.6 is 0 Å². The molecule has 2 amide bonds. The Bertz CT molecular complexity index is 1170. The SMILES string of the molecule is O=C(c1ccc(CO)cc1)N1CCC2(C(=O)Nc3ccccc32)C1c1cccnc1.O=CO. The van der Waals surface area contributed by atoms with Gasteiger partial charge in [0, 0.05) is 30.2 Å². The Morgan fingerprint density at radius 1 is 1.15 bits per heavy atom. The summed E-state index contributed by atoms with van der Waals surface area (Å²) in [6, 6.07) is 17.9. The number of aliphatic hydroxyl groups excluding tert-OH is 1. The Labute approximate surface area is 190 Å². The smallest absolute Gasteiger partial charge is 0.290 e. The van der Waals surface area contributed by atoms with Crippen molar-refractivity contribution in [3.8, 4) is 0 Å². The number of aliphatic hydroxyl groups is 1. The number of carbonyl (C=O) groups excluding carboxylic acids is 2. The zero-order valence-electron chi connectivity index (χ0n) is 17.7. The van der Waals surface area contributed by atoms with Crippen LogP contribution in [0.5, 0.6) is 0 Å². The second-order valence-electron chi connectivity index (χ2n) is 7.87. The molecule has 8 heteroatoms. The van der Waals surface area contributed by atoms with Gasteiger partial charge in [0.2, 0.25) is 5.91 Å². The molecule has 2 unspecified atom stereocenters. The third-order valence-corrected chi connectivity index (χ3v) is 6.23. The number of likely N-dealkylation sites (tertiary alicyclic amines) is 1. The van der Waals surface area contributed by atoms with Crippen molar-refractivity contribution in [2.24, 2.45) is 0 Å². The molecule has 1 spiro atoms. The molecule has 33 heavy (non-hydrogen) atoms. The summed E-state index contributed by atoms with van der Waals surface area (Å²) < 4.78 is 0. The minimum Gasteiger partial charge on any atom is -0.483 e. The molecule has 3 aromatic rings. The first-order valence-corrected chi connectivity index (χ1v) is 10.5. The number of benzene rings is 2. The van der Waals surface area contributed by atoms with Crippen molar-refractivity contribution in [1.29, 1.82) is 0 Å². The lowest BCUT2D eigenvalue weighted by Gasteiger charge is -2.34. The molecule has 0 bridgehead atoms. The van der Waals surface area contributed by atoms with E-state index in [0.717, 1.165) is 22.4 Å². The van der Waals surface area contributed by atoms with Gasteiger partial charge in [0.15, 0.2) is 0 Å². The average molecular weight is 445 g/mol. The topological polar surface area (TPSA) is 120 Å². The maximum Gasteiger partial charge on any atom is 0.290 e. The van der Waals surface area contributed by atoms with Crippen molar-refractivity contribution in [3.05, 3.63) is 95.3 Å². The quantitative estimate of drug-likeness (QED) is 0.534. The number of amides is 2. The number of carbonyl (C=O) groups is 3. The molecule has 168 valence electrons. The summed E-state index contributed by atoms with van der Waals surface area (Å²) >= 11 is 0. The van der Waals surface area contributed by atoms with Gasteiger partial charge in [-0.2, -0.15) is 0 Å². The predicted molar refractivity (Wildman–Crippen MR) is 120 cm³/mol. The van der Waals surface area contributed by atoms with Gasteiger partial charge in [-0.05, 0) is 47.4 Å². The van der Waals surface area contributed by atoms with E-state index in [0.29, 0.717) is 18.5 Å². The fraction of sp³-hybridized carbons (Fsp3) is 0.200. The van der Waals surface area contributed by atoms with Crippen LogP contribution < -0.4 is 5.32 Å². The highest BCUT2D eigenvalue weighted by Crippen LogP contribution is 2.54. The Hall–Kier alpha value is -4.04. The number of hydrogen-bond donors (Lipinski definition) is 3. The molecule has 2 aromatic carbocycles. The largest absolute Gasteiger partial charge is 0.483 e. The highest BCUT2D eigenvalue weighted by atomic mass is 16.3. The lowest BCUT2D eigenvalue weighted by molar-refractivity contribution is -0.123. The number of para-hydroxylation sites is 1. The Kier molecular flexibility index (Phi) is 6.19. The highest BCUT2D eigenvalue weighted by Gasteiger charge is 2.59. The van der Waals surface area contributed by atoms with Gasteiger partial charge in [0.25, 0.3) is 12.4 Å². The van der Waals surface area contributed by atoms with Gasteiger partial charge in [-0.15, -0.1) is 0 Å². The van der Waals surface area contributed by atoms with Gasteiger partial charge in [0.1, 0.15) is 5.41 Å².